The summed E-state index contributed by atoms with van der Waals surface area (Å²) in [6.07, 6.45) is 0.375. The maximum Gasteiger partial charge on any atom is 0.162 e. The minimum Gasteiger partial charge on any atom is -0.496 e. The lowest BCUT2D eigenvalue weighted by Gasteiger charge is -2.11. The minimum atomic E-state index is -0.814. The Balaban J connectivity index is 2.21. The molecule has 5 heteroatoms. The Morgan fingerprint density at radius 2 is 2.11 bits per heavy atom. The highest BCUT2D eigenvalue weighted by Gasteiger charge is 2.18. The molecule has 0 radical (unpaired) electrons. The van der Waals surface area contributed by atoms with E-state index in [1.54, 1.807) is 13.2 Å². The zero-order valence-electron chi connectivity index (χ0n) is 9.62. The molecule has 2 aromatic rings. The van der Waals surface area contributed by atoms with Crippen molar-refractivity contribution in [1.82, 2.24) is 0 Å². The fraction of sp³-hybridized carbons (Fsp3) is 0.231. The van der Waals surface area contributed by atoms with E-state index in [-0.39, 0.29) is 4.83 Å². The van der Waals surface area contributed by atoms with E-state index in [9.17, 15) is 8.78 Å². The first kappa shape index (κ1) is 13.5. The van der Waals surface area contributed by atoms with Gasteiger partial charge in [0, 0.05) is 0 Å². The van der Waals surface area contributed by atoms with Crippen molar-refractivity contribution in [2.24, 2.45) is 0 Å². The van der Waals surface area contributed by atoms with E-state index in [4.69, 9.17) is 4.74 Å². The largest absolute Gasteiger partial charge is 0.496 e. The van der Waals surface area contributed by atoms with Crippen LogP contribution in [0.1, 0.15) is 15.3 Å². The van der Waals surface area contributed by atoms with Crippen LogP contribution in [0, 0.1) is 11.6 Å². The molecule has 18 heavy (non-hydrogen) atoms. The maximum absolute atomic E-state index is 13.6. The van der Waals surface area contributed by atoms with Crippen molar-refractivity contribution in [1.29, 1.82) is 0 Å². The van der Waals surface area contributed by atoms with Crippen molar-refractivity contribution in [2.45, 2.75) is 11.2 Å². The number of halogens is 3. The van der Waals surface area contributed by atoms with E-state index < -0.39 is 11.6 Å². The Bertz CT molecular complexity index is 542. The van der Waals surface area contributed by atoms with Crippen LogP contribution in [-0.2, 0) is 6.42 Å². The van der Waals surface area contributed by atoms with Gasteiger partial charge < -0.3 is 4.74 Å². The second-order valence-electron chi connectivity index (χ2n) is 3.74. The van der Waals surface area contributed by atoms with Crippen LogP contribution in [0.5, 0.6) is 5.75 Å². The molecule has 1 aromatic heterocycles. The molecule has 0 saturated carbocycles. The van der Waals surface area contributed by atoms with Crippen LogP contribution in [0.4, 0.5) is 8.78 Å². The molecule has 96 valence electrons. The summed E-state index contributed by atoms with van der Waals surface area (Å²) in [5, 5.41) is 1.91. The van der Waals surface area contributed by atoms with Crippen molar-refractivity contribution in [3.05, 3.63) is 51.7 Å². The lowest BCUT2D eigenvalue weighted by molar-refractivity contribution is 0.412. The van der Waals surface area contributed by atoms with Crippen LogP contribution in [0.2, 0.25) is 0 Å². The van der Waals surface area contributed by atoms with Gasteiger partial charge in [-0.3, -0.25) is 0 Å². The third kappa shape index (κ3) is 2.72. The Morgan fingerprint density at radius 1 is 1.33 bits per heavy atom. The fourth-order valence-electron chi connectivity index (χ4n) is 1.70. The average Bonchev–Trinajstić information content (AvgIpc) is 2.83. The smallest absolute Gasteiger partial charge is 0.162 e. The second kappa shape index (κ2) is 5.80. The van der Waals surface area contributed by atoms with Crippen LogP contribution in [0.15, 0.2) is 29.6 Å². The van der Waals surface area contributed by atoms with Crippen molar-refractivity contribution in [3.63, 3.8) is 0 Å². The first-order chi connectivity index (χ1) is 8.63. The Hall–Kier alpha value is -0.940. The maximum atomic E-state index is 13.6. The summed E-state index contributed by atoms with van der Waals surface area (Å²) < 4.78 is 31.9. The molecule has 0 aliphatic rings. The van der Waals surface area contributed by atoms with E-state index in [0.29, 0.717) is 12.0 Å². The topological polar surface area (TPSA) is 9.23 Å². The van der Waals surface area contributed by atoms with Crippen LogP contribution < -0.4 is 4.74 Å². The highest BCUT2D eigenvalue weighted by Crippen LogP contribution is 2.38. The highest BCUT2D eigenvalue weighted by atomic mass is 79.9. The van der Waals surface area contributed by atoms with Gasteiger partial charge in [-0.15, -0.1) is 11.3 Å². The molecular formula is C13H11BrF2OS. The summed E-state index contributed by atoms with van der Waals surface area (Å²) in [7, 11) is 1.59. The normalized spacial score (nSPS) is 12.4. The molecule has 2 rings (SSSR count). The van der Waals surface area contributed by atoms with Gasteiger partial charge in [-0.05, 0) is 29.5 Å². The molecule has 1 atom stereocenters. The number of methoxy groups -OCH3 is 1. The zero-order chi connectivity index (χ0) is 13.1. The Labute approximate surface area is 117 Å². The second-order valence-corrected chi connectivity index (χ2v) is 5.79. The predicted octanol–water partition coefficient (Wildman–Crippen LogP) is 4.71. The van der Waals surface area contributed by atoms with Crippen molar-refractivity contribution < 1.29 is 13.5 Å². The highest BCUT2D eigenvalue weighted by molar-refractivity contribution is 9.09. The Morgan fingerprint density at radius 3 is 2.83 bits per heavy atom. The minimum absolute atomic E-state index is 0.0938. The number of benzene rings is 1. The van der Waals surface area contributed by atoms with Gasteiger partial charge in [0.2, 0.25) is 0 Å². The molecule has 0 fully saturated rings. The molecule has 1 unspecified atom stereocenters. The molecule has 0 N–H and O–H groups in total. The van der Waals surface area contributed by atoms with E-state index in [0.717, 1.165) is 16.7 Å². The number of ether oxygens (including phenoxy) is 1. The van der Waals surface area contributed by atoms with Crippen molar-refractivity contribution in [3.8, 4) is 5.75 Å². The van der Waals surface area contributed by atoms with E-state index in [1.807, 2.05) is 11.4 Å². The summed E-state index contributed by atoms with van der Waals surface area (Å²) >= 11 is 5.02. The summed E-state index contributed by atoms with van der Waals surface area (Å²) in [5.41, 5.74) is 0.354. The third-order valence-electron chi connectivity index (χ3n) is 2.59. The molecule has 1 aromatic carbocycles. The molecular weight excluding hydrogens is 322 g/mol. The summed E-state index contributed by atoms with van der Waals surface area (Å²) in [5.74, 6) is -0.832. The molecule has 0 bridgehead atoms. The molecule has 0 spiro atoms. The third-order valence-corrected chi connectivity index (χ3v) is 4.69. The van der Waals surface area contributed by atoms with Gasteiger partial charge in [-0.2, -0.15) is 0 Å². The molecule has 0 amide bonds. The van der Waals surface area contributed by atoms with Gasteiger partial charge >= 0.3 is 0 Å². The fourth-order valence-corrected chi connectivity index (χ4v) is 3.43. The number of thiophene rings is 1. The number of hydrogen-bond acceptors (Lipinski definition) is 2. The lowest BCUT2D eigenvalue weighted by Crippen LogP contribution is -1.99. The number of alkyl halides is 1. The lowest BCUT2D eigenvalue weighted by atomic mass is 10.1. The first-order valence-corrected chi connectivity index (χ1v) is 7.11. The van der Waals surface area contributed by atoms with E-state index in [1.165, 1.54) is 17.4 Å². The average molecular weight is 333 g/mol. The van der Waals surface area contributed by atoms with Gasteiger partial charge in [0.25, 0.3) is 0 Å². The van der Waals surface area contributed by atoms with Crippen LogP contribution in [0.3, 0.4) is 0 Å². The standard InChI is InChI=1S/C13H11BrF2OS/c1-17-11-5-6-18-13(11)9(14)7-8-3-2-4-10(15)12(8)16/h2-6,9H,7H2,1H3. The Kier molecular flexibility index (Phi) is 4.35. The summed E-state index contributed by atoms with van der Waals surface area (Å²) in [6, 6.07) is 6.08. The van der Waals surface area contributed by atoms with Gasteiger partial charge in [-0.25, -0.2) is 8.78 Å². The van der Waals surface area contributed by atoms with Crippen LogP contribution in [-0.4, -0.2) is 7.11 Å². The summed E-state index contributed by atoms with van der Waals surface area (Å²) in [6.45, 7) is 0. The zero-order valence-corrected chi connectivity index (χ0v) is 12.0. The number of rotatable bonds is 4. The predicted molar refractivity (Wildman–Crippen MR) is 72.6 cm³/mol. The van der Waals surface area contributed by atoms with Crippen molar-refractivity contribution in [2.75, 3.05) is 7.11 Å². The SMILES string of the molecule is COc1ccsc1C(Br)Cc1cccc(F)c1F. The van der Waals surface area contributed by atoms with Gasteiger partial charge in [0.15, 0.2) is 11.6 Å². The van der Waals surface area contributed by atoms with Gasteiger partial charge in [0.05, 0.1) is 16.8 Å². The molecule has 0 aliphatic carbocycles. The quantitative estimate of drug-likeness (QED) is 0.736. The molecule has 1 heterocycles. The van der Waals surface area contributed by atoms with Gasteiger partial charge in [0.1, 0.15) is 5.75 Å². The molecule has 0 aliphatic heterocycles. The van der Waals surface area contributed by atoms with E-state index >= 15 is 0 Å². The molecule has 1 nitrogen and oxygen atoms in total. The van der Waals surface area contributed by atoms with Crippen molar-refractivity contribution >= 4 is 27.3 Å². The number of hydrogen-bond donors (Lipinski definition) is 0. The van der Waals surface area contributed by atoms with Crippen LogP contribution >= 0.6 is 27.3 Å². The van der Waals surface area contributed by atoms with E-state index in [2.05, 4.69) is 15.9 Å². The monoisotopic (exact) mass is 332 g/mol. The first-order valence-electron chi connectivity index (χ1n) is 5.31. The van der Waals surface area contributed by atoms with Crippen LogP contribution in [0.25, 0.3) is 0 Å². The van der Waals surface area contributed by atoms with Gasteiger partial charge in [-0.1, -0.05) is 28.1 Å². The summed E-state index contributed by atoms with van der Waals surface area (Å²) in [4.78, 5) is 0.880. The molecule has 0 saturated heterocycles.